The molecule has 5 rings (SSSR count). The molecule has 0 unspecified atom stereocenters. The van der Waals surface area contributed by atoms with Gasteiger partial charge in [-0.15, -0.1) is 0 Å². The zero-order valence-electron chi connectivity index (χ0n) is 15.7. The number of nitrogens with zero attached hydrogens (tertiary/aromatic N) is 3. The molecular weight excluding hydrogens is 413 g/mol. The molecule has 2 aromatic heterocycles. The number of rotatable bonds is 3. The lowest BCUT2D eigenvalue weighted by atomic mass is 10.1. The second-order valence-corrected chi connectivity index (χ2v) is 6.71. The minimum absolute atomic E-state index is 0.0782. The first-order valence-electron chi connectivity index (χ1n) is 9.13. The lowest BCUT2D eigenvalue weighted by Crippen LogP contribution is -2.15. The molecule has 0 spiro atoms. The number of halogens is 3. The van der Waals surface area contributed by atoms with Gasteiger partial charge in [-0.3, -0.25) is 4.79 Å². The minimum atomic E-state index is -4.69. The molecule has 0 atom stereocenters. The van der Waals surface area contributed by atoms with Gasteiger partial charge in [0.2, 0.25) is 6.79 Å². The Morgan fingerprint density at radius 2 is 1.77 bits per heavy atom. The number of nitrogens with one attached hydrogen (secondary N) is 1. The van der Waals surface area contributed by atoms with Crippen molar-refractivity contribution in [2.75, 3.05) is 12.1 Å². The quantitative estimate of drug-likeness (QED) is 0.526. The van der Waals surface area contributed by atoms with Gasteiger partial charge in [0.15, 0.2) is 28.5 Å². The van der Waals surface area contributed by atoms with E-state index in [1.165, 1.54) is 6.07 Å². The molecule has 4 aromatic rings. The van der Waals surface area contributed by atoms with E-state index in [2.05, 4.69) is 15.4 Å². The Bertz CT molecular complexity index is 1300. The number of anilines is 1. The monoisotopic (exact) mass is 426 g/mol. The van der Waals surface area contributed by atoms with E-state index in [4.69, 9.17) is 9.47 Å². The van der Waals surface area contributed by atoms with Gasteiger partial charge >= 0.3 is 6.18 Å². The Morgan fingerprint density at radius 1 is 1.00 bits per heavy atom. The molecule has 0 saturated heterocycles. The van der Waals surface area contributed by atoms with Crippen LogP contribution in [0.15, 0.2) is 60.7 Å². The number of hydrogen-bond donors (Lipinski definition) is 1. The van der Waals surface area contributed by atoms with E-state index < -0.39 is 17.8 Å². The number of benzene rings is 2. The second kappa shape index (κ2) is 7.01. The van der Waals surface area contributed by atoms with Crippen molar-refractivity contribution in [3.05, 3.63) is 72.1 Å². The van der Waals surface area contributed by atoms with E-state index in [0.717, 1.165) is 6.07 Å². The second-order valence-electron chi connectivity index (χ2n) is 6.71. The molecule has 1 N–H and O–H groups in total. The van der Waals surface area contributed by atoms with Gasteiger partial charge in [-0.25, -0.2) is 9.50 Å². The number of carbonyl (C=O) groups is 1. The van der Waals surface area contributed by atoms with Crippen molar-refractivity contribution in [2.24, 2.45) is 0 Å². The van der Waals surface area contributed by atoms with E-state index in [1.807, 2.05) is 0 Å². The molecular formula is C21H13F3N4O3. The van der Waals surface area contributed by atoms with Crippen molar-refractivity contribution in [1.29, 1.82) is 0 Å². The van der Waals surface area contributed by atoms with Crippen molar-refractivity contribution in [2.45, 2.75) is 6.18 Å². The zero-order valence-corrected chi connectivity index (χ0v) is 15.7. The highest BCUT2D eigenvalue weighted by molar-refractivity contribution is 6.03. The van der Waals surface area contributed by atoms with E-state index in [1.54, 1.807) is 48.5 Å². The van der Waals surface area contributed by atoms with E-state index in [-0.39, 0.29) is 23.8 Å². The maximum Gasteiger partial charge on any atom is 0.433 e. The highest BCUT2D eigenvalue weighted by atomic mass is 19.4. The smallest absolute Gasteiger partial charge is 0.433 e. The highest BCUT2D eigenvalue weighted by Crippen LogP contribution is 2.35. The van der Waals surface area contributed by atoms with E-state index in [9.17, 15) is 18.0 Å². The Hall–Kier alpha value is -4.08. The summed E-state index contributed by atoms with van der Waals surface area (Å²) in [5.41, 5.74) is -0.296. The predicted octanol–water partition coefficient (Wildman–Crippen LogP) is 4.40. The molecule has 1 amide bonds. The standard InChI is InChI=1S/C21H13F3N4O3/c22-21(23,24)18-9-14(12-4-2-1-3-5-12)26-19-10-15(27-28(18)19)20(29)25-13-6-7-16-17(8-13)31-11-30-16/h1-10H,11H2,(H,25,29). The molecule has 7 nitrogen and oxygen atoms in total. The summed E-state index contributed by atoms with van der Waals surface area (Å²) in [5.74, 6) is 0.318. The van der Waals surface area contributed by atoms with Gasteiger partial charge in [-0.05, 0) is 18.2 Å². The summed E-state index contributed by atoms with van der Waals surface area (Å²) in [6, 6.07) is 15.4. The summed E-state index contributed by atoms with van der Waals surface area (Å²) in [7, 11) is 0. The topological polar surface area (TPSA) is 77.8 Å². The van der Waals surface area contributed by atoms with Crippen LogP contribution in [0.25, 0.3) is 16.9 Å². The van der Waals surface area contributed by atoms with Crippen molar-refractivity contribution >= 4 is 17.2 Å². The molecule has 0 fully saturated rings. The third kappa shape index (κ3) is 3.52. The van der Waals surface area contributed by atoms with Crippen LogP contribution in [-0.2, 0) is 6.18 Å². The van der Waals surface area contributed by atoms with Crippen LogP contribution in [-0.4, -0.2) is 27.3 Å². The Labute approximate surface area is 173 Å². The van der Waals surface area contributed by atoms with Crippen molar-refractivity contribution in [1.82, 2.24) is 14.6 Å². The van der Waals surface area contributed by atoms with Gasteiger partial charge in [0.1, 0.15) is 0 Å². The third-order valence-corrected chi connectivity index (χ3v) is 4.65. The Kier molecular flexibility index (Phi) is 4.28. The fourth-order valence-corrected chi connectivity index (χ4v) is 3.21. The van der Waals surface area contributed by atoms with E-state index >= 15 is 0 Å². The van der Waals surface area contributed by atoms with Crippen LogP contribution in [0, 0.1) is 0 Å². The Balaban J connectivity index is 1.53. The maximum absolute atomic E-state index is 13.7. The largest absolute Gasteiger partial charge is 0.454 e. The Morgan fingerprint density at radius 3 is 2.55 bits per heavy atom. The average Bonchev–Trinajstić information content (AvgIpc) is 3.39. The molecule has 0 bridgehead atoms. The number of fused-ring (bicyclic) bond motifs is 2. The molecule has 0 saturated carbocycles. The van der Waals surface area contributed by atoms with Crippen LogP contribution in [0.2, 0.25) is 0 Å². The molecule has 2 aromatic carbocycles. The molecule has 156 valence electrons. The molecule has 3 heterocycles. The lowest BCUT2D eigenvalue weighted by molar-refractivity contribution is -0.142. The molecule has 1 aliphatic heterocycles. The molecule has 1 aliphatic rings. The predicted molar refractivity (Wildman–Crippen MR) is 104 cm³/mol. The normalized spacial score (nSPS) is 12.9. The van der Waals surface area contributed by atoms with Crippen LogP contribution >= 0.6 is 0 Å². The highest BCUT2D eigenvalue weighted by Gasteiger charge is 2.35. The van der Waals surface area contributed by atoms with Crippen LogP contribution in [0.1, 0.15) is 16.2 Å². The van der Waals surface area contributed by atoms with Crippen LogP contribution < -0.4 is 14.8 Å². The fraction of sp³-hybridized carbons (Fsp3) is 0.0952. The average molecular weight is 426 g/mol. The minimum Gasteiger partial charge on any atom is -0.454 e. The van der Waals surface area contributed by atoms with Crippen molar-refractivity contribution in [3.63, 3.8) is 0 Å². The number of carbonyl (C=O) groups excluding carboxylic acids is 1. The summed E-state index contributed by atoms with van der Waals surface area (Å²) >= 11 is 0. The number of aromatic nitrogens is 3. The van der Waals surface area contributed by atoms with Gasteiger partial charge < -0.3 is 14.8 Å². The number of ether oxygens (including phenoxy) is 2. The molecule has 0 radical (unpaired) electrons. The summed E-state index contributed by atoms with van der Waals surface area (Å²) < 4.78 is 52.1. The van der Waals surface area contributed by atoms with Gasteiger partial charge in [0.25, 0.3) is 5.91 Å². The molecule has 31 heavy (non-hydrogen) atoms. The summed E-state index contributed by atoms with van der Waals surface area (Å²) in [6.07, 6.45) is -4.69. The summed E-state index contributed by atoms with van der Waals surface area (Å²) in [6.45, 7) is 0.0782. The first kappa shape index (κ1) is 18.9. The third-order valence-electron chi connectivity index (χ3n) is 4.65. The van der Waals surface area contributed by atoms with Crippen molar-refractivity contribution < 1.29 is 27.4 Å². The van der Waals surface area contributed by atoms with E-state index in [0.29, 0.717) is 27.3 Å². The summed E-state index contributed by atoms with van der Waals surface area (Å²) in [4.78, 5) is 16.9. The van der Waals surface area contributed by atoms with Crippen molar-refractivity contribution in [3.8, 4) is 22.8 Å². The maximum atomic E-state index is 13.7. The fourth-order valence-electron chi connectivity index (χ4n) is 3.21. The van der Waals surface area contributed by atoms with Crippen LogP contribution in [0.4, 0.5) is 18.9 Å². The first-order valence-corrected chi connectivity index (χ1v) is 9.13. The van der Waals surface area contributed by atoms with Gasteiger partial charge in [0, 0.05) is 23.4 Å². The zero-order chi connectivity index (χ0) is 21.6. The van der Waals surface area contributed by atoms with Crippen LogP contribution in [0.3, 0.4) is 0 Å². The first-order chi connectivity index (χ1) is 14.9. The lowest BCUT2D eigenvalue weighted by Gasteiger charge is -2.10. The number of amides is 1. The number of hydrogen-bond acceptors (Lipinski definition) is 5. The van der Waals surface area contributed by atoms with Gasteiger partial charge in [0.05, 0.1) is 5.69 Å². The molecule has 10 heteroatoms. The summed E-state index contributed by atoms with van der Waals surface area (Å²) in [5, 5.41) is 6.44. The van der Waals surface area contributed by atoms with Crippen LogP contribution in [0.5, 0.6) is 11.5 Å². The van der Waals surface area contributed by atoms with Gasteiger partial charge in [-0.1, -0.05) is 30.3 Å². The SMILES string of the molecule is O=C(Nc1ccc2c(c1)OCO2)c1cc2nc(-c3ccccc3)cc(C(F)(F)F)n2n1. The van der Waals surface area contributed by atoms with Gasteiger partial charge in [-0.2, -0.15) is 18.3 Å². The molecule has 0 aliphatic carbocycles. The number of alkyl halides is 3.